The Morgan fingerprint density at radius 3 is 2.25 bits per heavy atom. The van der Waals surface area contributed by atoms with Gasteiger partial charge in [0.1, 0.15) is 0 Å². The number of benzene rings is 1. The maximum absolute atomic E-state index is 12.6. The standard InChI is InChI=1S/C17H28N2O/c1-5-13(3)16(18)17(20)19(14(4)6-2)12-15-10-8-7-9-11-15/h7-11,13-14,16H,5-6,12,18H2,1-4H3/t13?,14?,16-/m0/s1. The van der Waals surface area contributed by atoms with Crippen molar-refractivity contribution in [2.45, 2.75) is 59.2 Å². The van der Waals surface area contributed by atoms with E-state index in [1.807, 2.05) is 30.0 Å². The molecule has 3 atom stereocenters. The second-order valence-corrected chi connectivity index (χ2v) is 5.62. The van der Waals surface area contributed by atoms with Crippen molar-refractivity contribution in [3.05, 3.63) is 35.9 Å². The Labute approximate surface area is 123 Å². The monoisotopic (exact) mass is 276 g/mol. The Morgan fingerprint density at radius 2 is 1.75 bits per heavy atom. The van der Waals surface area contributed by atoms with Gasteiger partial charge in [-0.05, 0) is 24.8 Å². The average molecular weight is 276 g/mol. The summed E-state index contributed by atoms with van der Waals surface area (Å²) in [5.74, 6) is 0.280. The van der Waals surface area contributed by atoms with Crippen LogP contribution in [0.3, 0.4) is 0 Å². The lowest BCUT2D eigenvalue weighted by atomic mass is 9.97. The third kappa shape index (κ3) is 4.34. The van der Waals surface area contributed by atoms with Crippen LogP contribution in [0.2, 0.25) is 0 Å². The summed E-state index contributed by atoms with van der Waals surface area (Å²) in [4.78, 5) is 14.6. The number of carbonyl (C=O) groups excluding carboxylic acids is 1. The molecule has 0 aliphatic heterocycles. The fourth-order valence-electron chi connectivity index (χ4n) is 2.14. The van der Waals surface area contributed by atoms with Gasteiger partial charge in [0.2, 0.25) is 5.91 Å². The van der Waals surface area contributed by atoms with Gasteiger partial charge < -0.3 is 10.6 Å². The SMILES string of the molecule is CCC(C)[C@H](N)C(=O)N(Cc1ccccc1)C(C)CC. The predicted octanol–water partition coefficient (Wildman–Crippen LogP) is 3.19. The van der Waals surface area contributed by atoms with E-state index in [0.29, 0.717) is 6.54 Å². The van der Waals surface area contributed by atoms with E-state index >= 15 is 0 Å². The molecule has 0 aliphatic rings. The Morgan fingerprint density at radius 1 is 1.15 bits per heavy atom. The van der Waals surface area contributed by atoms with Crippen LogP contribution in [0.1, 0.15) is 46.1 Å². The van der Waals surface area contributed by atoms with E-state index in [2.05, 4.69) is 32.9 Å². The van der Waals surface area contributed by atoms with Crippen LogP contribution in [0, 0.1) is 5.92 Å². The highest BCUT2D eigenvalue weighted by Crippen LogP contribution is 2.15. The molecule has 0 saturated carbocycles. The van der Waals surface area contributed by atoms with Crippen molar-refractivity contribution in [2.75, 3.05) is 0 Å². The average Bonchev–Trinajstić information content (AvgIpc) is 2.50. The molecule has 1 aromatic carbocycles. The Hall–Kier alpha value is -1.35. The van der Waals surface area contributed by atoms with Crippen molar-refractivity contribution < 1.29 is 4.79 Å². The summed E-state index contributed by atoms with van der Waals surface area (Å²) >= 11 is 0. The summed E-state index contributed by atoms with van der Waals surface area (Å²) in [6.45, 7) is 8.94. The molecule has 0 heterocycles. The molecule has 3 nitrogen and oxygen atoms in total. The molecule has 0 bridgehead atoms. The minimum atomic E-state index is -0.405. The van der Waals surface area contributed by atoms with Gasteiger partial charge in [0, 0.05) is 12.6 Å². The van der Waals surface area contributed by atoms with Gasteiger partial charge in [-0.15, -0.1) is 0 Å². The highest BCUT2D eigenvalue weighted by atomic mass is 16.2. The van der Waals surface area contributed by atoms with Gasteiger partial charge in [0.05, 0.1) is 6.04 Å². The zero-order valence-electron chi connectivity index (χ0n) is 13.2. The van der Waals surface area contributed by atoms with Crippen LogP contribution in [0.4, 0.5) is 0 Å². The van der Waals surface area contributed by atoms with E-state index in [1.165, 1.54) is 0 Å². The Kier molecular flexibility index (Phi) is 6.73. The third-order valence-electron chi connectivity index (χ3n) is 4.14. The molecule has 2 N–H and O–H groups in total. The highest BCUT2D eigenvalue weighted by Gasteiger charge is 2.27. The minimum Gasteiger partial charge on any atom is -0.334 e. The fourth-order valence-corrected chi connectivity index (χ4v) is 2.14. The molecule has 1 aromatic rings. The quantitative estimate of drug-likeness (QED) is 0.831. The topological polar surface area (TPSA) is 46.3 Å². The number of amides is 1. The summed E-state index contributed by atoms with van der Waals surface area (Å²) in [5, 5.41) is 0. The molecule has 1 rings (SSSR count). The summed E-state index contributed by atoms with van der Waals surface area (Å²) in [7, 11) is 0. The van der Waals surface area contributed by atoms with Gasteiger partial charge in [-0.1, -0.05) is 57.5 Å². The normalized spacial score (nSPS) is 15.4. The lowest BCUT2D eigenvalue weighted by Crippen LogP contribution is -2.49. The second-order valence-electron chi connectivity index (χ2n) is 5.62. The molecule has 0 radical (unpaired) electrons. The number of carbonyl (C=O) groups is 1. The first-order valence-electron chi connectivity index (χ1n) is 7.61. The molecule has 20 heavy (non-hydrogen) atoms. The Balaban J connectivity index is 2.87. The highest BCUT2D eigenvalue weighted by molar-refractivity contribution is 5.82. The van der Waals surface area contributed by atoms with Gasteiger partial charge in [-0.25, -0.2) is 0 Å². The molecule has 0 spiro atoms. The van der Waals surface area contributed by atoms with Gasteiger partial charge in [-0.3, -0.25) is 4.79 Å². The second kappa shape index (κ2) is 8.05. The first kappa shape index (κ1) is 16.7. The van der Waals surface area contributed by atoms with Crippen molar-refractivity contribution in [3.8, 4) is 0 Å². The van der Waals surface area contributed by atoms with E-state index in [4.69, 9.17) is 5.73 Å². The van der Waals surface area contributed by atoms with Gasteiger partial charge in [0.15, 0.2) is 0 Å². The fraction of sp³-hybridized carbons (Fsp3) is 0.588. The van der Waals surface area contributed by atoms with Crippen LogP contribution >= 0.6 is 0 Å². The summed E-state index contributed by atoms with van der Waals surface area (Å²) < 4.78 is 0. The molecule has 112 valence electrons. The van der Waals surface area contributed by atoms with E-state index in [0.717, 1.165) is 18.4 Å². The number of hydrogen-bond donors (Lipinski definition) is 1. The zero-order valence-corrected chi connectivity index (χ0v) is 13.2. The molecule has 0 saturated heterocycles. The van der Waals surface area contributed by atoms with Crippen LogP contribution in [0.5, 0.6) is 0 Å². The van der Waals surface area contributed by atoms with Crippen molar-refractivity contribution >= 4 is 5.91 Å². The van der Waals surface area contributed by atoms with E-state index in [1.54, 1.807) is 0 Å². The van der Waals surface area contributed by atoms with Crippen molar-refractivity contribution in [1.29, 1.82) is 0 Å². The molecular formula is C17H28N2O. The van der Waals surface area contributed by atoms with Crippen LogP contribution in [0.15, 0.2) is 30.3 Å². The largest absolute Gasteiger partial charge is 0.334 e. The summed E-state index contributed by atoms with van der Waals surface area (Å²) in [6.07, 6.45) is 1.86. The first-order valence-corrected chi connectivity index (χ1v) is 7.61. The van der Waals surface area contributed by atoms with Gasteiger partial charge in [0.25, 0.3) is 0 Å². The molecule has 0 fully saturated rings. The van der Waals surface area contributed by atoms with E-state index in [-0.39, 0.29) is 17.9 Å². The van der Waals surface area contributed by atoms with Crippen LogP contribution in [-0.4, -0.2) is 22.9 Å². The predicted molar refractivity (Wildman–Crippen MR) is 84.2 cm³/mol. The molecule has 1 amide bonds. The Bertz CT molecular complexity index is 405. The maximum atomic E-state index is 12.6. The third-order valence-corrected chi connectivity index (χ3v) is 4.14. The smallest absolute Gasteiger partial charge is 0.240 e. The van der Waals surface area contributed by atoms with Crippen LogP contribution < -0.4 is 5.73 Å². The van der Waals surface area contributed by atoms with Crippen LogP contribution in [0.25, 0.3) is 0 Å². The number of rotatable bonds is 7. The molecule has 0 aromatic heterocycles. The maximum Gasteiger partial charge on any atom is 0.240 e. The summed E-state index contributed by atoms with van der Waals surface area (Å²) in [5.41, 5.74) is 7.28. The molecule has 3 heteroatoms. The molecular weight excluding hydrogens is 248 g/mol. The molecule has 0 aliphatic carbocycles. The van der Waals surface area contributed by atoms with E-state index < -0.39 is 6.04 Å². The van der Waals surface area contributed by atoms with Gasteiger partial charge in [-0.2, -0.15) is 0 Å². The van der Waals surface area contributed by atoms with Gasteiger partial charge >= 0.3 is 0 Å². The minimum absolute atomic E-state index is 0.0672. The van der Waals surface area contributed by atoms with Crippen molar-refractivity contribution in [1.82, 2.24) is 4.90 Å². The number of nitrogens with zero attached hydrogens (tertiary/aromatic N) is 1. The first-order chi connectivity index (χ1) is 9.51. The zero-order chi connectivity index (χ0) is 15.1. The van der Waals surface area contributed by atoms with Crippen LogP contribution in [-0.2, 0) is 11.3 Å². The number of nitrogens with two attached hydrogens (primary N) is 1. The lowest BCUT2D eigenvalue weighted by molar-refractivity contribution is -0.136. The molecule has 2 unspecified atom stereocenters. The van der Waals surface area contributed by atoms with Crippen molar-refractivity contribution in [3.63, 3.8) is 0 Å². The lowest BCUT2D eigenvalue weighted by Gasteiger charge is -2.32. The van der Waals surface area contributed by atoms with E-state index in [9.17, 15) is 4.79 Å². The van der Waals surface area contributed by atoms with Crippen molar-refractivity contribution in [2.24, 2.45) is 11.7 Å². The number of hydrogen-bond acceptors (Lipinski definition) is 2. The summed E-state index contributed by atoms with van der Waals surface area (Å²) in [6, 6.07) is 9.90.